The maximum absolute atomic E-state index is 14.1. The first kappa shape index (κ1) is 23.4. The number of halogens is 3. The molecule has 2 aliphatic heterocycles. The van der Waals surface area contributed by atoms with E-state index in [1.54, 1.807) is 16.8 Å². The number of hydrogen-bond donors (Lipinski definition) is 2. The van der Waals surface area contributed by atoms with Crippen LogP contribution in [0.3, 0.4) is 0 Å². The van der Waals surface area contributed by atoms with Gasteiger partial charge in [-0.05, 0) is 36.2 Å². The van der Waals surface area contributed by atoms with Gasteiger partial charge in [0.05, 0.1) is 35.4 Å². The van der Waals surface area contributed by atoms with Crippen LogP contribution >= 0.6 is 24.0 Å². The van der Waals surface area contributed by atoms with E-state index in [9.17, 15) is 14.0 Å². The maximum Gasteiger partial charge on any atom is 0.260 e. The zero-order valence-electron chi connectivity index (χ0n) is 16.9. The molecule has 31 heavy (non-hydrogen) atoms. The molecular formula is C21H23Cl2FN4O3. The van der Waals surface area contributed by atoms with Crippen molar-refractivity contribution in [3.8, 4) is 0 Å². The summed E-state index contributed by atoms with van der Waals surface area (Å²) in [5.74, 6) is -0.850. The molecule has 1 saturated heterocycles. The Balaban J connectivity index is 0.00000272. The number of ether oxygens (including phenoxy) is 1. The SMILES string of the molecule is Cc1ccn(C[C@@H]2CNCCO[C@H]2c2ccc(Cl)c(F)c2)c(=O)c1C1=NNC(=O)C1.Cl. The Labute approximate surface area is 190 Å². The van der Waals surface area contributed by atoms with Gasteiger partial charge >= 0.3 is 0 Å². The standard InChI is InChI=1S/C21H22ClFN4O3.ClH/c1-12-4-6-27(21(29)19(12)17-9-18(28)26-25-17)11-14-10-24-5-7-30-20(14)13-2-3-15(22)16(23)8-13;/h2-4,6,8,14,20,24H,5,7,9-11H2,1H3,(H,26,28);1H/t14-,20-;/m0./s1. The lowest BCUT2D eigenvalue weighted by molar-refractivity contribution is -0.119. The molecular weight excluding hydrogens is 446 g/mol. The topological polar surface area (TPSA) is 84.7 Å². The Bertz CT molecular complexity index is 1070. The van der Waals surface area contributed by atoms with Gasteiger partial charge in [-0.3, -0.25) is 9.59 Å². The van der Waals surface area contributed by atoms with Crippen LogP contribution in [0.4, 0.5) is 4.39 Å². The van der Waals surface area contributed by atoms with Crippen molar-refractivity contribution in [1.29, 1.82) is 0 Å². The number of hydrogen-bond acceptors (Lipinski definition) is 5. The van der Waals surface area contributed by atoms with Gasteiger partial charge in [0, 0.05) is 31.7 Å². The van der Waals surface area contributed by atoms with Crippen molar-refractivity contribution in [3.05, 3.63) is 68.3 Å². The van der Waals surface area contributed by atoms with E-state index in [4.69, 9.17) is 16.3 Å². The predicted molar refractivity (Wildman–Crippen MR) is 118 cm³/mol. The summed E-state index contributed by atoms with van der Waals surface area (Å²) in [6, 6.07) is 6.49. The number of aryl methyl sites for hydroxylation is 1. The van der Waals surface area contributed by atoms with Crippen LogP contribution in [-0.4, -0.2) is 35.9 Å². The summed E-state index contributed by atoms with van der Waals surface area (Å²) >= 11 is 5.83. The second-order valence-corrected chi connectivity index (χ2v) is 7.94. The molecule has 2 aliphatic rings. The van der Waals surface area contributed by atoms with Gasteiger partial charge in [-0.2, -0.15) is 5.10 Å². The number of carbonyl (C=O) groups is 1. The predicted octanol–water partition coefficient (Wildman–Crippen LogP) is 2.57. The number of nitrogens with zero attached hydrogens (tertiary/aromatic N) is 2. The monoisotopic (exact) mass is 468 g/mol. The van der Waals surface area contributed by atoms with Crippen molar-refractivity contribution >= 4 is 35.6 Å². The van der Waals surface area contributed by atoms with Gasteiger partial charge in [0.15, 0.2) is 0 Å². The first-order valence-electron chi connectivity index (χ1n) is 9.77. The van der Waals surface area contributed by atoms with Gasteiger partial charge in [0.25, 0.3) is 5.56 Å². The molecule has 0 spiro atoms. The van der Waals surface area contributed by atoms with Crippen LogP contribution in [0.2, 0.25) is 5.02 Å². The van der Waals surface area contributed by atoms with Gasteiger partial charge in [0.2, 0.25) is 5.91 Å². The summed E-state index contributed by atoms with van der Waals surface area (Å²) in [5, 5.41) is 7.37. The molecule has 0 radical (unpaired) electrons. The molecule has 1 aromatic carbocycles. The largest absolute Gasteiger partial charge is 0.372 e. The molecule has 1 fully saturated rings. The summed E-state index contributed by atoms with van der Waals surface area (Å²) in [7, 11) is 0. The van der Waals surface area contributed by atoms with E-state index in [-0.39, 0.29) is 41.2 Å². The first-order valence-corrected chi connectivity index (χ1v) is 10.1. The number of pyridine rings is 1. The molecule has 10 heteroatoms. The van der Waals surface area contributed by atoms with E-state index in [1.807, 2.05) is 13.0 Å². The third-order valence-electron chi connectivity index (χ3n) is 5.42. The lowest BCUT2D eigenvalue weighted by atomic mass is 9.94. The molecule has 0 aliphatic carbocycles. The Hall–Kier alpha value is -2.26. The summed E-state index contributed by atoms with van der Waals surface area (Å²) in [4.78, 5) is 24.7. The molecule has 0 saturated carbocycles. The van der Waals surface area contributed by atoms with Crippen LogP contribution in [0.15, 0.2) is 40.4 Å². The molecule has 1 aromatic heterocycles. The number of aromatic nitrogens is 1. The van der Waals surface area contributed by atoms with Crippen molar-refractivity contribution in [1.82, 2.24) is 15.3 Å². The first-order chi connectivity index (χ1) is 14.4. The Morgan fingerprint density at radius 3 is 2.84 bits per heavy atom. The number of amides is 1. The molecule has 2 N–H and O–H groups in total. The molecule has 166 valence electrons. The summed E-state index contributed by atoms with van der Waals surface area (Å²) in [6.45, 7) is 3.93. The Morgan fingerprint density at radius 2 is 2.13 bits per heavy atom. The highest BCUT2D eigenvalue weighted by atomic mass is 35.5. The number of benzene rings is 1. The van der Waals surface area contributed by atoms with E-state index < -0.39 is 11.9 Å². The van der Waals surface area contributed by atoms with E-state index in [2.05, 4.69) is 15.8 Å². The zero-order valence-corrected chi connectivity index (χ0v) is 18.4. The lowest BCUT2D eigenvalue weighted by Gasteiger charge is -2.26. The van der Waals surface area contributed by atoms with Crippen LogP contribution in [-0.2, 0) is 16.1 Å². The smallest absolute Gasteiger partial charge is 0.260 e. The fourth-order valence-electron chi connectivity index (χ4n) is 3.92. The molecule has 0 unspecified atom stereocenters. The Kier molecular flexibility index (Phi) is 7.48. The zero-order chi connectivity index (χ0) is 21.3. The minimum atomic E-state index is -0.500. The number of nitrogens with one attached hydrogen (secondary N) is 2. The normalized spacial score (nSPS) is 21.1. The Morgan fingerprint density at radius 1 is 1.32 bits per heavy atom. The molecule has 0 bridgehead atoms. The van der Waals surface area contributed by atoms with Gasteiger partial charge in [-0.15, -0.1) is 12.4 Å². The van der Waals surface area contributed by atoms with E-state index in [1.165, 1.54) is 12.1 Å². The second kappa shape index (κ2) is 9.91. The van der Waals surface area contributed by atoms with Crippen LogP contribution < -0.4 is 16.3 Å². The quantitative estimate of drug-likeness (QED) is 0.721. The molecule has 1 amide bonds. The minimum absolute atomic E-state index is 0. The molecule has 2 atom stereocenters. The second-order valence-electron chi connectivity index (χ2n) is 7.53. The molecule has 4 rings (SSSR count). The summed E-state index contributed by atoms with van der Waals surface area (Å²) in [6.07, 6.45) is 1.42. The van der Waals surface area contributed by atoms with Crippen molar-refractivity contribution < 1.29 is 13.9 Å². The van der Waals surface area contributed by atoms with Crippen molar-refractivity contribution in [2.24, 2.45) is 11.0 Å². The van der Waals surface area contributed by atoms with Gasteiger partial charge < -0.3 is 14.6 Å². The van der Waals surface area contributed by atoms with Gasteiger partial charge in [-0.1, -0.05) is 17.7 Å². The average Bonchev–Trinajstić information content (AvgIpc) is 3.00. The number of hydrazone groups is 1. The fourth-order valence-corrected chi connectivity index (χ4v) is 4.04. The molecule has 7 nitrogen and oxygen atoms in total. The summed E-state index contributed by atoms with van der Waals surface area (Å²) < 4.78 is 21.7. The number of carbonyl (C=O) groups excluding carboxylic acids is 1. The fraction of sp³-hybridized carbons (Fsp3) is 0.381. The minimum Gasteiger partial charge on any atom is -0.372 e. The highest BCUT2D eigenvalue weighted by molar-refractivity contribution is 6.30. The average molecular weight is 469 g/mol. The lowest BCUT2D eigenvalue weighted by Crippen LogP contribution is -2.34. The van der Waals surface area contributed by atoms with E-state index in [0.29, 0.717) is 43.1 Å². The highest BCUT2D eigenvalue weighted by Gasteiger charge is 2.28. The van der Waals surface area contributed by atoms with Gasteiger partial charge in [0.1, 0.15) is 5.82 Å². The maximum atomic E-state index is 14.1. The van der Waals surface area contributed by atoms with Crippen LogP contribution in [0.25, 0.3) is 0 Å². The van der Waals surface area contributed by atoms with E-state index in [0.717, 1.165) is 5.56 Å². The third kappa shape index (κ3) is 4.98. The van der Waals surface area contributed by atoms with Crippen LogP contribution in [0, 0.1) is 18.7 Å². The van der Waals surface area contributed by atoms with Crippen LogP contribution in [0.5, 0.6) is 0 Å². The van der Waals surface area contributed by atoms with Gasteiger partial charge in [-0.25, -0.2) is 9.82 Å². The summed E-state index contributed by atoms with van der Waals surface area (Å²) in [5.41, 5.74) is 4.51. The van der Waals surface area contributed by atoms with Crippen molar-refractivity contribution in [2.45, 2.75) is 26.0 Å². The molecule has 2 aromatic rings. The van der Waals surface area contributed by atoms with Crippen LogP contribution in [0.1, 0.15) is 29.2 Å². The van der Waals surface area contributed by atoms with Crippen molar-refractivity contribution in [3.63, 3.8) is 0 Å². The third-order valence-corrected chi connectivity index (χ3v) is 5.73. The number of rotatable bonds is 4. The highest BCUT2D eigenvalue weighted by Crippen LogP contribution is 2.30. The van der Waals surface area contributed by atoms with Crippen molar-refractivity contribution in [2.75, 3.05) is 19.7 Å². The molecule has 3 heterocycles. The van der Waals surface area contributed by atoms with E-state index >= 15 is 0 Å².